The molecule has 1 rings (SSSR count). The average Bonchev–Trinajstić information content (AvgIpc) is 2.47. The van der Waals surface area contributed by atoms with Crippen LogP contribution >= 0.6 is 0 Å². The third-order valence-electron chi connectivity index (χ3n) is 3.15. The van der Waals surface area contributed by atoms with Crippen LogP contribution in [0.1, 0.15) is 33.6 Å². The van der Waals surface area contributed by atoms with Crippen LogP contribution in [-0.4, -0.2) is 36.0 Å². The van der Waals surface area contributed by atoms with Crippen molar-refractivity contribution in [2.45, 2.75) is 45.2 Å². The van der Waals surface area contributed by atoms with E-state index in [1.54, 1.807) is 0 Å². The highest BCUT2D eigenvalue weighted by Crippen LogP contribution is 2.24. The van der Waals surface area contributed by atoms with E-state index >= 15 is 0 Å². The number of nitrogens with zero attached hydrogens (tertiary/aromatic N) is 1. The number of likely N-dealkylation sites (tertiary alicyclic amines) is 1. The second kappa shape index (κ2) is 3.66. The van der Waals surface area contributed by atoms with E-state index in [-0.39, 0.29) is 17.5 Å². The summed E-state index contributed by atoms with van der Waals surface area (Å²) >= 11 is 0. The Bertz CT molecular complexity index is 201. The molecule has 0 aromatic carbocycles. The molecule has 1 fully saturated rings. The van der Waals surface area contributed by atoms with Gasteiger partial charge in [-0.25, -0.2) is 0 Å². The van der Waals surface area contributed by atoms with E-state index in [1.165, 1.54) is 0 Å². The van der Waals surface area contributed by atoms with Crippen LogP contribution in [-0.2, 0) is 4.79 Å². The van der Waals surface area contributed by atoms with E-state index in [2.05, 4.69) is 26.1 Å². The Kier molecular flexibility index (Phi) is 2.96. The summed E-state index contributed by atoms with van der Waals surface area (Å²) in [6.07, 6.45) is 1.95. The second-order valence-corrected chi connectivity index (χ2v) is 4.29. The molecule has 1 atom stereocenters. The fourth-order valence-electron chi connectivity index (χ4n) is 1.74. The molecular weight excluding hydrogens is 164 g/mol. The maximum Gasteiger partial charge on any atom is 0.240 e. The minimum atomic E-state index is 0.0166. The molecule has 1 heterocycles. The Morgan fingerprint density at radius 1 is 1.62 bits per heavy atom. The van der Waals surface area contributed by atoms with Gasteiger partial charge < -0.3 is 10.2 Å². The fourth-order valence-corrected chi connectivity index (χ4v) is 1.74. The summed E-state index contributed by atoms with van der Waals surface area (Å²) in [5, 5.41) is 3.05. The summed E-state index contributed by atoms with van der Waals surface area (Å²) in [6.45, 7) is 7.27. The van der Waals surface area contributed by atoms with Gasteiger partial charge in [-0.15, -0.1) is 0 Å². The van der Waals surface area contributed by atoms with Crippen molar-refractivity contribution in [2.24, 2.45) is 0 Å². The first-order valence-corrected chi connectivity index (χ1v) is 5.01. The van der Waals surface area contributed by atoms with Crippen LogP contribution in [0.25, 0.3) is 0 Å². The summed E-state index contributed by atoms with van der Waals surface area (Å²) in [4.78, 5) is 13.8. The summed E-state index contributed by atoms with van der Waals surface area (Å²) in [5.74, 6) is 0.259. The Morgan fingerprint density at radius 3 is 2.62 bits per heavy atom. The van der Waals surface area contributed by atoms with Crippen LogP contribution in [0.4, 0.5) is 0 Å². The van der Waals surface area contributed by atoms with Crippen LogP contribution in [0.2, 0.25) is 0 Å². The highest BCUT2D eigenvalue weighted by Gasteiger charge is 2.37. The van der Waals surface area contributed by atoms with Crippen LogP contribution in [0, 0.1) is 0 Å². The van der Waals surface area contributed by atoms with Gasteiger partial charge in [0.1, 0.15) is 0 Å². The normalized spacial score (nSPS) is 24.2. The van der Waals surface area contributed by atoms with Gasteiger partial charge in [-0.05, 0) is 33.7 Å². The monoisotopic (exact) mass is 184 g/mol. The first-order valence-electron chi connectivity index (χ1n) is 5.01. The number of amides is 1. The number of carbonyl (C=O) groups is 1. The molecule has 0 aromatic heterocycles. The van der Waals surface area contributed by atoms with E-state index in [0.717, 1.165) is 19.4 Å². The predicted octanol–water partition coefficient (Wildman–Crippen LogP) is 0.995. The van der Waals surface area contributed by atoms with Gasteiger partial charge in [0.25, 0.3) is 0 Å². The van der Waals surface area contributed by atoms with E-state index < -0.39 is 0 Å². The maximum atomic E-state index is 11.8. The van der Waals surface area contributed by atoms with E-state index in [1.807, 2.05) is 11.9 Å². The molecule has 76 valence electrons. The molecule has 1 unspecified atom stereocenters. The first kappa shape index (κ1) is 10.5. The third-order valence-corrected chi connectivity index (χ3v) is 3.15. The molecule has 0 aromatic rings. The molecule has 0 saturated carbocycles. The molecule has 0 radical (unpaired) electrons. The van der Waals surface area contributed by atoms with Crippen LogP contribution in [0.5, 0.6) is 0 Å². The van der Waals surface area contributed by atoms with Crippen molar-refractivity contribution in [2.75, 3.05) is 13.6 Å². The highest BCUT2D eigenvalue weighted by atomic mass is 16.2. The SMILES string of the molecule is CCC(C)(C)N1CCC(NC)C1=O. The maximum absolute atomic E-state index is 11.8. The lowest BCUT2D eigenvalue weighted by Crippen LogP contribution is -2.47. The highest BCUT2D eigenvalue weighted by molar-refractivity contribution is 5.84. The van der Waals surface area contributed by atoms with Gasteiger partial charge in [-0.3, -0.25) is 4.79 Å². The number of rotatable bonds is 3. The van der Waals surface area contributed by atoms with Crippen molar-refractivity contribution in [1.29, 1.82) is 0 Å². The van der Waals surface area contributed by atoms with Crippen molar-refractivity contribution >= 4 is 5.91 Å². The average molecular weight is 184 g/mol. The molecule has 13 heavy (non-hydrogen) atoms. The largest absolute Gasteiger partial charge is 0.336 e. The summed E-state index contributed by atoms with van der Waals surface area (Å²) in [6, 6.07) is 0.0471. The van der Waals surface area contributed by atoms with Gasteiger partial charge in [0.15, 0.2) is 0 Å². The number of nitrogens with one attached hydrogen (secondary N) is 1. The minimum Gasteiger partial charge on any atom is -0.336 e. The molecule has 0 aliphatic carbocycles. The van der Waals surface area contributed by atoms with Crippen LogP contribution in [0.15, 0.2) is 0 Å². The third kappa shape index (κ3) is 1.85. The smallest absolute Gasteiger partial charge is 0.240 e. The van der Waals surface area contributed by atoms with Gasteiger partial charge in [0.2, 0.25) is 5.91 Å². The summed E-state index contributed by atoms with van der Waals surface area (Å²) in [5.41, 5.74) is 0.0166. The zero-order chi connectivity index (χ0) is 10.1. The van der Waals surface area contributed by atoms with Gasteiger partial charge >= 0.3 is 0 Å². The Morgan fingerprint density at radius 2 is 2.23 bits per heavy atom. The Balaban J connectivity index is 2.70. The molecule has 1 amide bonds. The zero-order valence-electron chi connectivity index (χ0n) is 9.05. The van der Waals surface area contributed by atoms with Gasteiger partial charge in [-0.1, -0.05) is 6.92 Å². The summed E-state index contributed by atoms with van der Waals surface area (Å²) in [7, 11) is 1.85. The van der Waals surface area contributed by atoms with Gasteiger partial charge in [0, 0.05) is 12.1 Å². The zero-order valence-corrected chi connectivity index (χ0v) is 9.05. The van der Waals surface area contributed by atoms with Crippen molar-refractivity contribution in [3.05, 3.63) is 0 Å². The molecule has 0 spiro atoms. The lowest BCUT2D eigenvalue weighted by Gasteiger charge is -2.34. The van der Waals surface area contributed by atoms with E-state index in [4.69, 9.17) is 0 Å². The lowest BCUT2D eigenvalue weighted by atomic mass is 10.00. The van der Waals surface area contributed by atoms with Crippen molar-refractivity contribution in [3.63, 3.8) is 0 Å². The van der Waals surface area contributed by atoms with Crippen LogP contribution in [0.3, 0.4) is 0 Å². The first-order chi connectivity index (χ1) is 6.03. The number of carbonyl (C=O) groups excluding carboxylic acids is 1. The van der Waals surface area contributed by atoms with E-state index in [0.29, 0.717) is 0 Å². The number of likely N-dealkylation sites (N-methyl/N-ethyl adjacent to an activating group) is 1. The molecular formula is C10H20N2O. The molecule has 0 bridgehead atoms. The molecule has 3 heteroatoms. The lowest BCUT2D eigenvalue weighted by molar-refractivity contribution is -0.133. The molecule has 1 aliphatic rings. The summed E-state index contributed by atoms with van der Waals surface area (Å²) < 4.78 is 0. The molecule has 1 saturated heterocycles. The molecule has 1 aliphatic heterocycles. The standard InChI is InChI=1S/C10H20N2O/c1-5-10(2,3)12-7-6-8(11-4)9(12)13/h8,11H,5-7H2,1-4H3. The second-order valence-electron chi connectivity index (χ2n) is 4.29. The van der Waals surface area contributed by atoms with Gasteiger partial charge in [-0.2, -0.15) is 0 Å². The van der Waals surface area contributed by atoms with Crippen molar-refractivity contribution in [3.8, 4) is 0 Å². The molecule has 3 nitrogen and oxygen atoms in total. The van der Waals surface area contributed by atoms with E-state index in [9.17, 15) is 4.79 Å². The number of hydrogen-bond acceptors (Lipinski definition) is 2. The minimum absolute atomic E-state index is 0.0166. The Hall–Kier alpha value is -0.570. The molecule has 1 N–H and O–H groups in total. The van der Waals surface area contributed by atoms with Crippen molar-refractivity contribution in [1.82, 2.24) is 10.2 Å². The number of hydrogen-bond donors (Lipinski definition) is 1. The van der Waals surface area contributed by atoms with Gasteiger partial charge in [0.05, 0.1) is 6.04 Å². The Labute approximate surface area is 80.5 Å². The quantitative estimate of drug-likeness (QED) is 0.709. The fraction of sp³-hybridized carbons (Fsp3) is 0.900. The van der Waals surface area contributed by atoms with Crippen LogP contribution < -0.4 is 5.32 Å². The predicted molar refractivity (Wildman–Crippen MR) is 53.5 cm³/mol. The van der Waals surface area contributed by atoms with Crippen molar-refractivity contribution < 1.29 is 4.79 Å². The topological polar surface area (TPSA) is 32.3 Å².